The number of carbonyl (C=O) groups excluding carboxylic acids is 2. The minimum Gasteiger partial charge on any atom is -0.449 e. The Labute approximate surface area is 184 Å². The number of fused-ring (bicyclic) bond motifs is 1. The van der Waals surface area contributed by atoms with Gasteiger partial charge in [-0.25, -0.2) is 4.79 Å². The zero-order valence-corrected chi connectivity index (χ0v) is 18.0. The summed E-state index contributed by atoms with van der Waals surface area (Å²) in [6.07, 6.45) is 2.79. The van der Waals surface area contributed by atoms with E-state index >= 15 is 0 Å². The summed E-state index contributed by atoms with van der Waals surface area (Å²) in [5.41, 5.74) is 0.226. The van der Waals surface area contributed by atoms with E-state index < -0.39 is 22.5 Å². The standard InChI is InChI=1S/C23H22N4O3S/c1-22(2)23(27-24-13-14-25-27,26-18(28)15-19(26)31-22)21(29)30-20(16-9-5-3-6-10-16)17-11-7-4-8-12-17/h3-14,19-20H,15H2,1-2H3/t19-,23?/m1/s1. The Morgan fingerprint density at radius 1 is 1.03 bits per heavy atom. The predicted octanol–water partition coefficient (Wildman–Crippen LogP) is 3.35. The third-order valence-corrected chi connectivity index (χ3v) is 7.47. The van der Waals surface area contributed by atoms with Gasteiger partial charge in [0.1, 0.15) is 0 Å². The molecule has 0 bridgehead atoms. The molecule has 3 aromatic rings. The number of rotatable bonds is 5. The summed E-state index contributed by atoms with van der Waals surface area (Å²) in [6.45, 7) is 3.88. The van der Waals surface area contributed by atoms with Gasteiger partial charge < -0.3 is 4.74 Å². The average molecular weight is 435 g/mol. The van der Waals surface area contributed by atoms with Crippen molar-refractivity contribution in [3.63, 3.8) is 0 Å². The van der Waals surface area contributed by atoms with E-state index in [0.717, 1.165) is 11.1 Å². The van der Waals surface area contributed by atoms with Crippen LogP contribution in [0.2, 0.25) is 0 Å². The Balaban J connectivity index is 1.61. The predicted molar refractivity (Wildman–Crippen MR) is 116 cm³/mol. The first-order valence-corrected chi connectivity index (χ1v) is 11.0. The monoisotopic (exact) mass is 434 g/mol. The van der Waals surface area contributed by atoms with E-state index in [2.05, 4.69) is 10.2 Å². The second-order valence-electron chi connectivity index (χ2n) is 8.15. The number of nitrogens with zero attached hydrogens (tertiary/aromatic N) is 4. The van der Waals surface area contributed by atoms with Crippen LogP contribution in [0.5, 0.6) is 0 Å². The molecule has 3 heterocycles. The Hall–Kier alpha value is -3.13. The fourth-order valence-electron chi connectivity index (χ4n) is 4.50. The first-order valence-electron chi connectivity index (χ1n) is 10.1. The van der Waals surface area contributed by atoms with Crippen LogP contribution in [-0.2, 0) is 20.0 Å². The number of amides is 1. The zero-order chi connectivity index (χ0) is 21.6. The van der Waals surface area contributed by atoms with Crippen LogP contribution in [0, 0.1) is 0 Å². The number of carbonyl (C=O) groups is 2. The molecule has 1 aromatic heterocycles. The van der Waals surface area contributed by atoms with Gasteiger partial charge in [-0.05, 0) is 25.0 Å². The fraction of sp³-hybridized carbons (Fsp3) is 0.304. The van der Waals surface area contributed by atoms with E-state index in [1.165, 1.54) is 17.2 Å². The normalized spacial score (nSPS) is 24.0. The highest BCUT2D eigenvalue weighted by Crippen LogP contribution is 2.59. The van der Waals surface area contributed by atoms with Gasteiger partial charge in [0.05, 0.1) is 28.9 Å². The largest absolute Gasteiger partial charge is 0.449 e. The van der Waals surface area contributed by atoms with Gasteiger partial charge >= 0.3 is 5.97 Å². The van der Waals surface area contributed by atoms with Crippen LogP contribution < -0.4 is 0 Å². The average Bonchev–Trinajstić information content (AvgIpc) is 3.36. The lowest BCUT2D eigenvalue weighted by Crippen LogP contribution is -2.68. The molecule has 2 aliphatic heterocycles. The van der Waals surface area contributed by atoms with E-state index in [4.69, 9.17) is 4.74 Å². The number of esters is 1. The topological polar surface area (TPSA) is 77.3 Å². The molecule has 8 heteroatoms. The maximum atomic E-state index is 14.0. The lowest BCUT2D eigenvalue weighted by Gasteiger charge is -2.46. The number of hydrogen-bond donors (Lipinski definition) is 0. The number of ether oxygens (including phenoxy) is 1. The summed E-state index contributed by atoms with van der Waals surface area (Å²) in [4.78, 5) is 29.7. The molecule has 0 spiro atoms. The van der Waals surface area contributed by atoms with Crippen LogP contribution in [0.1, 0.15) is 37.5 Å². The van der Waals surface area contributed by atoms with Gasteiger partial charge in [0.25, 0.3) is 5.66 Å². The van der Waals surface area contributed by atoms with Crippen LogP contribution in [0.3, 0.4) is 0 Å². The van der Waals surface area contributed by atoms with E-state index in [0.29, 0.717) is 6.42 Å². The fourth-order valence-corrected chi connectivity index (χ4v) is 6.21. The van der Waals surface area contributed by atoms with E-state index in [1.807, 2.05) is 74.5 Å². The smallest absolute Gasteiger partial charge is 0.359 e. The third-order valence-electron chi connectivity index (χ3n) is 5.95. The molecule has 1 unspecified atom stereocenters. The van der Waals surface area contributed by atoms with Crippen molar-refractivity contribution in [2.24, 2.45) is 0 Å². The second kappa shape index (κ2) is 7.23. The molecule has 1 amide bonds. The molecule has 2 aliphatic rings. The van der Waals surface area contributed by atoms with E-state index in [9.17, 15) is 9.59 Å². The van der Waals surface area contributed by atoms with Crippen molar-refractivity contribution in [2.45, 2.75) is 42.2 Å². The Kier molecular flexibility index (Phi) is 4.62. The highest BCUT2D eigenvalue weighted by Gasteiger charge is 2.72. The van der Waals surface area contributed by atoms with Crippen LogP contribution in [-0.4, -0.2) is 41.9 Å². The van der Waals surface area contributed by atoms with E-state index in [-0.39, 0.29) is 11.3 Å². The lowest BCUT2D eigenvalue weighted by atomic mass is 9.90. The molecule has 31 heavy (non-hydrogen) atoms. The second-order valence-corrected chi connectivity index (χ2v) is 9.95. The molecule has 0 aliphatic carbocycles. The van der Waals surface area contributed by atoms with Crippen molar-refractivity contribution in [2.75, 3.05) is 0 Å². The molecule has 0 radical (unpaired) electrons. The van der Waals surface area contributed by atoms with Gasteiger partial charge in [-0.2, -0.15) is 10.2 Å². The molecular formula is C23H22N4O3S. The van der Waals surface area contributed by atoms with Crippen molar-refractivity contribution in [3.05, 3.63) is 84.2 Å². The number of thioether (sulfide) groups is 1. The first-order chi connectivity index (χ1) is 14.9. The Bertz CT molecular complexity index is 1060. The van der Waals surface area contributed by atoms with Crippen molar-refractivity contribution < 1.29 is 14.3 Å². The maximum Gasteiger partial charge on any atom is 0.359 e. The molecule has 7 nitrogen and oxygen atoms in total. The van der Waals surface area contributed by atoms with Crippen molar-refractivity contribution in [1.82, 2.24) is 19.9 Å². The van der Waals surface area contributed by atoms with Gasteiger partial charge in [0.15, 0.2) is 6.10 Å². The summed E-state index contributed by atoms with van der Waals surface area (Å²) in [7, 11) is 0. The van der Waals surface area contributed by atoms with Crippen molar-refractivity contribution in [1.29, 1.82) is 0 Å². The minimum absolute atomic E-state index is 0.103. The highest BCUT2D eigenvalue weighted by atomic mass is 32.2. The van der Waals surface area contributed by atoms with Crippen LogP contribution >= 0.6 is 11.8 Å². The maximum absolute atomic E-state index is 14.0. The quantitative estimate of drug-likeness (QED) is 0.453. The SMILES string of the molecule is CC1(C)S[C@@H]2CC(=O)N2C1(C(=O)OC(c1ccccc1)c1ccccc1)n1nccn1. The molecule has 2 aromatic carbocycles. The Morgan fingerprint density at radius 2 is 1.58 bits per heavy atom. The highest BCUT2D eigenvalue weighted by molar-refractivity contribution is 8.01. The molecule has 0 saturated carbocycles. The number of β-lactam (4-membered cyclic amide) rings is 1. The first kappa shape index (κ1) is 19.8. The molecular weight excluding hydrogens is 412 g/mol. The molecule has 2 fully saturated rings. The molecule has 2 saturated heterocycles. The van der Waals surface area contributed by atoms with Crippen molar-refractivity contribution >= 4 is 23.6 Å². The molecule has 0 N–H and O–H groups in total. The summed E-state index contributed by atoms with van der Waals surface area (Å²) >= 11 is 1.58. The van der Waals surface area contributed by atoms with Gasteiger partial charge in [-0.3, -0.25) is 9.69 Å². The van der Waals surface area contributed by atoms with Gasteiger partial charge in [0, 0.05) is 0 Å². The molecule has 2 atom stereocenters. The van der Waals surface area contributed by atoms with Crippen LogP contribution in [0.15, 0.2) is 73.1 Å². The number of aromatic nitrogens is 3. The molecule has 5 rings (SSSR count). The van der Waals surface area contributed by atoms with E-state index in [1.54, 1.807) is 16.7 Å². The van der Waals surface area contributed by atoms with Gasteiger partial charge in [-0.1, -0.05) is 60.7 Å². The zero-order valence-electron chi connectivity index (χ0n) is 17.2. The summed E-state index contributed by atoms with van der Waals surface area (Å²) in [6, 6.07) is 19.2. The number of benzene rings is 2. The molecule has 158 valence electrons. The Morgan fingerprint density at radius 3 is 2.10 bits per heavy atom. The summed E-state index contributed by atoms with van der Waals surface area (Å²) in [5.74, 6) is -0.650. The van der Waals surface area contributed by atoms with Crippen molar-refractivity contribution in [3.8, 4) is 0 Å². The van der Waals surface area contributed by atoms with Crippen LogP contribution in [0.4, 0.5) is 0 Å². The van der Waals surface area contributed by atoms with Crippen LogP contribution in [0.25, 0.3) is 0 Å². The van der Waals surface area contributed by atoms with Gasteiger partial charge in [-0.15, -0.1) is 16.6 Å². The summed E-state index contributed by atoms with van der Waals surface area (Å²) in [5, 5.41) is 8.48. The lowest BCUT2D eigenvalue weighted by molar-refractivity contribution is -0.188. The van der Waals surface area contributed by atoms with Gasteiger partial charge in [0.2, 0.25) is 5.91 Å². The summed E-state index contributed by atoms with van der Waals surface area (Å²) < 4.78 is 5.53. The minimum atomic E-state index is -1.47. The third kappa shape index (κ3) is 2.89. The number of hydrogen-bond acceptors (Lipinski definition) is 6.